The lowest BCUT2D eigenvalue weighted by atomic mass is 10.1. The van der Waals surface area contributed by atoms with E-state index in [0.29, 0.717) is 0 Å². The summed E-state index contributed by atoms with van der Waals surface area (Å²) in [5, 5.41) is 0. The first-order valence-electron chi connectivity index (χ1n) is 6.75. The van der Waals surface area contributed by atoms with Crippen molar-refractivity contribution in [3.05, 3.63) is 46.8 Å². The van der Waals surface area contributed by atoms with E-state index in [1.165, 1.54) is 0 Å². The molecule has 0 fully saturated rings. The van der Waals surface area contributed by atoms with Crippen molar-refractivity contribution in [3.63, 3.8) is 0 Å². The molecule has 0 aliphatic heterocycles. The summed E-state index contributed by atoms with van der Waals surface area (Å²) in [6.07, 6.45) is 5.40. The van der Waals surface area contributed by atoms with Crippen molar-refractivity contribution in [3.8, 4) is 0 Å². The molecule has 5 heteroatoms. The lowest BCUT2D eigenvalue weighted by Crippen LogP contribution is -2.07. The van der Waals surface area contributed by atoms with Crippen molar-refractivity contribution in [1.82, 2.24) is 14.5 Å². The van der Waals surface area contributed by atoms with Crippen LogP contribution in [0.25, 0.3) is 11.2 Å². The molecule has 1 unspecified atom stereocenters. The Morgan fingerprint density at radius 1 is 1.45 bits per heavy atom. The molecule has 3 heterocycles. The van der Waals surface area contributed by atoms with Crippen LogP contribution in [0, 0.1) is 11.7 Å². The molecule has 4 nitrogen and oxygen atoms in total. The highest BCUT2D eigenvalue weighted by Gasteiger charge is 2.13. The monoisotopic (exact) mass is 287 g/mol. The number of rotatable bonds is 4. The SMILES string of the molecule is Cc1ccnc2c1[nH]c(=S)n2C(C)CCc1ccco1. The number of aromatic nitrogens is 3. The first kappa shape index (κ1) is 13.1. The van der Waals surface area contributed by atoms with Crippen molar-refractivity contribution in [2.24, 2.45) is 0 Å². The van der Waals surface area contributed by atoms with Crippen LogP contribution < -0.4 is 0 Å². The third-order valence-corrected chi connectivity index (χ3v) is 3.95. The maximum Gasteiger partial charge on any atom is 0.179 e. The van der Waals surface area contributed by atoms with E-state index in [9.17, 15) is 0 Å². The molecular weight excluding hydrogens is 270 g/mol. The van der Waals surface area contributed by atoms with Crippen molar-refractivity contribution >= 4 is 23.4 Å². The standard InChI is InChI=1S/C15H17N3OS/c1-10-7-8-16-14-13(10)17-15(20)18(14)11(2)5-6-12-4-3-9-19-12/h3-4,7-9,11H,5-6H2,1-2H3,(H,17,20). The minimum atomic E-state index is 0.274. The van der Waals surface area contributed by atoms with E-state index in [0.717, 1.165) is 40.1 Å². The number of H-pyrrole nitrogens is 1. The summed E-state index contributed by atoms with van der Waals surface area (Å²) < 4.78 is 8.21. The number of nitrogens with one attached hydrogen (secondary N) is 1. The molecule has 0 aliphatic carbocycles. The van der Waals surface area contributed by atoms with Crippen molar-refractivity contribution in [2.75, 3.05) is 0 Å². The van der Waals surface area contributed by atoms with Crippen LogP contribution in [0.1, 0.15) is 30.7 Å². The third kappa shape index (κ3) is 2.29. The largest absolute Gasteiger partial charge is 0.469 e. The fourth-order valence-corrected chi connectivity index (χ4v) is 2.86. The smallest absolute Gasteiger partial charge is 0.179 e. The molecule has 0 bridgehead atoms. The van der Waals surface area contributed by atoms with Crippen LogP contribution in [0.3, 0.4) is 0 Å². The number of pyridine rings is 1. The van der Waals surface area contributed by atoms with Gasteiger partial charge in [-0.3, -0.25) is 4.57 Å². The molecule has 0 radical (unpaired) electrons. The summed E-state index contributed by atoms with van der Waals surface area (Å²) in [6, 6.07) is 6.19. The van der Waals surface area contributed by atoms with Gasteiger partial charge >= 0.3 is 0 Å². The number of imidazole rings is 1. The Morgan fingerprint density at radius 2 is 2.30 bits per heavy atom. The van der Waals surface area contributed by atoms with Gasteiger partial charge in [0.1, 0.15) is 5.76 Å². The normalized spacial score (nSPS) is 12.9. The highest BCUT2D eigenvalue weighted by molar-refractivity contribution is 7.71. The Labute approximate surface area is 122 Å². The van der Waals surface area contributed by atoms with Crippen molar-refractivity contribution in [1.29, 1.82) is 0 Å². The van der Waals surface area contributed by atoms with Gasteiger partial charge in [-0.05, 0) is 56.2 Å². The van der Waals surface area contributed by atoms with E-state index in [1.807, 2.05) is 24.4 Å². The number of aryl methyl sites for hydroxylation is 2. The Hall–Kier alpha value is -1.88. The third-order valence-electron chi connectivity index (χ3n) is 3.65. The summed E-state index contributed by atoms with van der Waals surface area (Å²) in [4.78, 5) is 7.73. The number of hydrogen-bond acceptors (Lipinski definition) is 3. The lowest BCUT2D eigenvalue weighted by Gasteiger charge is -2.13. The summed E-state index contributed by atoms with van der Waals surface area (Å²) >= 11 is 5.45. The summed E-state index contributed by atoms with van der Waals surface area (Å²) in [5.41, 5.74) is 3.13. The average molecular weight is 287 g/mol. The van der Waals surface area contributed by atoms with Gasteiger partial charge in [0.05, 0.1) is 11.8 Å². The first-order valence-corrected chi connectivity index (χ1v) is 7.16. The Morgan fingerprint density at radius 3 is 3.05 bits per heavy atom. The zero-order valence-corrected chi connectivity index (χ0v) is 12.4. The maximum atomic E-state index is 5.45. The van der Waals surface area contributed by atoms with Gasteiger partial charge in [0, 0.05) is 18.7 Å². The van der Waals surface area contributed by atoms with Gasteiger partial charge in [-0.1, -0.05) is 0 Å². The van der Waals surface area contributed by atoms with Gasteiger partial charge < -0.3 is 9.40 Å². The second kappa shape index (κ2) is 5.25. The number of hydrogen-bond donors (Lipinski definition) is 1. The Balaban J connectivity index is 1.91. The molecular formula is C15H17N3OS. The second-order valence-corrected chi connectivity index (χ2v) is 5.48. The molecule has 0 saturated heterocycles. The summed E-state index contributed by atoms with van der Waals surface area (Å²) in [6.45, 7) is 4.23. The van der Waals surface area contributed by atoms with Crippen LogP contribution in [-0.2, 0) is 6.42 Å². The van der Waals surface area contributed by atoms with Crippen LogP contribution in [0.15, 0.2) is 35.1 Å². The van der Waals surface area contributed by atoms with Gasteiger partial charge in [0.15, 0.2) is 10.4 Å². The van der Waals surface area contributed by atoms with Gasteiger partial charge in [0.25, 0.3) is 0 Å². The van der Waals surface area contributed by atoms with Gasteiger partial charge in [-0.2, -0.15) is 0 Å². The van der Waals surface area contributed by atoms with Crippen molar-refractivity contribution < 1.29 is 4.42 Å². The van der Waals surface area contributed by atoms with Crippen LogP contribution in [0.2, 0.25) is 0 Å². The summed E-state index contributed by atoms with van der Waals surface area (Å²) in [7, 11) is 0. The molecule has 0 aromatic carbocycles. The highest BCUT2D eigenvalue weighted by Crippen LogP contribution is 2.22. The minimum Gasteiger partial charge on any atom is -0.469 e. The second-order valence-electron chi connectivity index (χ2n) is 5.09. The molecule has 1 atom stereocenters. The fourth-order valence-electron chi connectivity index (χ4n) is 2.49. The van der Waals surface area contributed by atoms with Crippen LogP contribution in [0.4, 0.5) is 0 Å². The Bertz CT molecular complexity index is 770. The molecule has 104 valence electrons. The molecule has 0 amide bonds. The topological polar surface area (TPSA) is 46.8 Å². The lowest BCUT2D eigenvalue weighted by molar-refractivity contribution is 0.454. The molecule has 20 heavy (non-hydrogen) atoms. The van der Waals surface area contributed by atoms with E-state index in [4.69, 9.17) is 16.6 Å². The van der Waals surface area contributed by atoms with E-state index < -0.39 is 0 Å². The number of aromatic amines is 1. The van der Waals surface area contributed by atoms with Gasteiger partial charge in [0.2, 0.25) is 0 Å². The van der Waals surface area contributed by atoms with Crippen LogP contribution in [0.5, 0.6) is 0 Å². The zero-order chi connectivity index (χ0) is 14.1. The van der Waals surface area contributed by atoms with Crippen molar-refractivity contribution in [2.45, 2.75) is 32.7 Å². The number of furan rings is 1. The molecule has 0 spiro atoms. The quantitative estimate of drug-likeness (QED) is 0.732. The summed E-state index contributed by atoms with van der Waals surface area (Å²) in [5.74, 6) is 1.01. The van der Waals surface area contributed by atoms with E-state index in [-0.39, 0.29) is 6.04 Å². The maximum absolute atomic E-state index is 5.45. The molecule has 3 aromatic rings. The first-order chi connectivity index (χ1) is 9.66. The molecule has 0 saturated carbocycles. The van der Waals surface area contributed by atoms with Gasteiger partial charge in [-0.15, -0.1) is 0 Å². The number of nitrogens with zero attached hydrogens (tertiary/aromatic N) is 2. The Kier molecular flexibility index (Phi) is 3.44. The molecule has 1 N–H and O–H groups in total. The van der Waals surface area contributed by atoms with E-state index in [2.05, 4.69) is 28.4 Å². The highest BCUT2D eigenvalue weighted by atomic mass is 32.1. The van der Waals surface area contributed by atoms with Crippen LogP contribution in [-0.4, -0.2) is 14.5 Å². The number of fused-ring (bicyclic) bond motifs is 1. The van der Waals surface area contributed by atoms with E-state index in [1.54, 1.807) is 6.26 Å². The average Bonchev–Trinajstić information content (AvgIpc) is 3.04. The predicted molar refractivity (Wildman–Crippen MR) is 81.4 cm³/mol. The molecule has 3 aromatic heterocycles. The van der Waals surface area contributed by atoms with Gasteiger partial charge in [-0.25, -0.2) is 4.98 Å². The van der Waals surface area contributed by atoms with Crippen LogP contribution >= 0.6 is 12.2 Å². The minimum absolute atomic E-state index is 0.274. The molecule has 3 rings (SSSR count). The fraction of sp³-hybridized carbons (Fsp3) is 0.333. The molecule has 0 aliphatic rings. The zero-order valence-electron chi connectivity index (χ0n) is 11.6. The predicted octanol–water partition coefficient (Wildman–Crippen LogP) is 4.19. The van der Waals surface area contributed by atoms with E-state index >= 15 is 0 Å².